The molecule has 80 valence electrons. The summed E-state index contributed by atoms with van der Waals surface area (Å²) in [4.78, 5) is 13.3. The highest BCUT2D eigenvalue weighted by molar-refractivity contribution is 6.02. The second kappa shape index (κ2) is 3.81. The maximum absolute atomic E-state index is 11.4. The van der Waals surface area contributed by atoms with Gasteiger partial charge in [-0.15, -0.1) is 0 Å². The van der Waals surface area contributed by atoms with E-state index >= 15 is 0 Å². The number of carbonyl (C=O) groups excluding carboxylic acids is 1. The summed E-state index contributed by atoms with van der Waals surface area (Å²) in [5.74, 6) is 0.729. The zero-order chi connectivity index (χ0) is 10.8. The van der Waals surface area contributed by atoms with Crippen molar-refractivity contribution in [2.24, 2.45) is 0 Å². The first-order valence-corrected chi connectivity index (χ1v) is 4.99. The standard InChI is InChI=1S/C11H14N2O2/c1-3-15-9-6-4-5-8-11(9)12-10(14)7-13(8)2/h4-6H,3,7H2,1-2H3,(H,12,14). The van der Waals surface area contributed by atoms with Gasteiger partial charge in [0.05, 0.1) is 18.8 Å². The highest BCUT2D eigenvalue weighted by Gasteiger charge is 2.21. The first-order valence-electron chi connectivity index (χ1n) is 4.99. The fraction of sp³-hybridized carbons (Fsp3) is 0.364. The normalized spacial score (nSPS) is 14.5. The molecule has 0 spiro atoms. The average Bonchev–Trinajstić information content (AvgIpc) is 2.19. The summed E-state index contributed by atoms with van der Waals surface area (Å²) >= 11 is 0. The lowest BCUT2D eigenvalue weighted by atomic mass is 10.2. The molecule has 0 fully saturated rings. The van der Waals surface area contributed by atoms with Crippen molar-refractivity contribution in [2.45, 2.75) is 6.92 Å². The van der Waals surface area contributed by atoms with Crippen LogP contribution in [0.25, 0.3) is 0 Å². The number of rotatable bonds is 2. The van der Waals surface area contributed by atoms with Gasteiger partial charge in [0.15, 0.2) is 0 Å². The number of benzene rings is 1. The second-order valence-electron chi connectivity index (χ2n) is 3.49. The Balaban J connectivity index is 2.44. The van der Waals surface area contributed by atoms with E-state index in [0.29, 0.717) is 13.2 Å². The number of nitrogens with one attached hydrogen (secondary N) is 1. The number of amides is 1. The van der Waals surface area contributed by atoms with Gasteiger partial charge in [-0.25, -0.2) is 0 Å². The summed E-state index contributed by atoms with van der Waals surface area (Å²) in [6.45, 7) is 2.91. The van der Waals surface area contributed by atoms with Crippen LogP contribution in [0.15, 0.2) is 18.2 Å². The fourth-order valence-corrected chi connectivity index (χ4v) is 1.72. The molecule has 0 radical (unpaired) electrons. The van der Waals surface area contributed by atoms with Crippen molar-refractivity contribution < 1.29 is 9.53 Å². The molecule has 1 amide bonds. The molecular weight excluding hydrogens is 192 g/mol. The molecule has 1 N–H and O–H groups in total. The van der Waals surface area contributed by atoms with Crippen LogP contribution in [0.5, 0.6) is 5.75 Å². The Morgan fingerprint density at radius 1 is 1.53 bits per heavy atom. The van der Waals surface area contributed by atoms with E-state index in [1.807, 2.05) is 37.1 Å². The van der Waals surface area contributed by atoms with Gasteiger partial charge in [0.1, 0.15) is 11.4 Å². The van der Waals surface area contributed by atoms with Crippen molar-refractivity contribution in [2.75, 3.05) is 30.4 Å². The minimum absolute atomic E-state index is 0.00264. The monoisotopic (exact) mass is 206 g/mol. The Hall–Kier alpha value is -1.71. The first kappa shape index (κ1) is 9.83. The molecule has 1 heterocycles. The largest absolute Gasteiger partial charge is 0.492 e. The van der Waals surface area contributed by atoms with Gasteiger partial charge in [0.2, 0.25) is 5.91 Å². The molecule has 0 saturated heterocycles. The Morgan fingerprint density at radius 3 is 3.07 bits per heavy atom. The molecule has 0 aromatic heterocycles. The lowest BCUT2D eigenvalue weighted by Gasteiger charge is -2.28. The summed E-state index contributed by atoms with van der Waals surface area (Å²) in [5, 5.41) is 2.84. The van der Waals surface area contributed by atoms with E-state index in [0.717, 1.165) is 17.1 Å². The van der Waals surface area contributed by atoms with Crippen LogP contribution in [-0.2, 0) is 4.79 Å². The number of hydrogen-bond donors (Lipinski definition) is 1. The Kier molecular flexibility index (Phi) is 2.49. The van der Waals surface area contributed by atoms with Gasteiger partial charge in [-0.2, -0.15) is 0 Å². The van der Waals surface area contributed by atoms with Crippen molar-refractivity contribution in [1.82, 2.24) is 0 Å². The minimum Gasteiger partial charge on any atom is -0.492 e. The smallest absolute Gasteiger partial charge is 0.244 e. The molecule has 0 bridgehead atoms. The van der Waals surface area contributed by atoms with Crippen molar-refractivity contribution >= 4 is 17.3 Å². The molecule has 1 aliphatic rings. The molecule has 4 heteroatoms. The van der Waals surface area contributed by atoms with E-state index in [-0.39, 0.29) is 5.91 Å². The van der Waals surface area contributed by atoms with Crippen molar-refractivity contribution in [3.8, 4) is 5.75 Å². The van der Waals surface area contributed by atoms with Gasteiger partial charge >= 0.3 is 0 Å². The molecule has 1 aromatic carbocycles. The number of fused-ring (bicyclic) bond motifs is 1. The lowest BCUT2D eigenvalue weighted by Crippen LogP contribution is -2.35. The molecule has 4 nitrogen and oxygen atoms in total. The Morgan fingerprint density at radius 2 is 2.33 bits per heavy atom. The van der Waals surface area contributed by atoms with Gasteiger partial charge in [-0.3, -0.25) is 4.79 Å². The third-order valence-corrected chi connectivity index (χ3v) is 2.36. The summed E-state index contributed by atoms with van der Waals surface area (Å²) in [6.07, 6.45) is 0. The third kappa shape index (κ3) is 1.75. The molecule has 15 heavy (non-hydrogen) atoms. The maximum Gasteiger partial charge on any atom is 0.244 e. The van der Waals surface area contributed by atoms with Crippen molar-refractivity contribution in [3.05, 3.63) is 18.2 Å². The Labute approximate surface area is 88.8 Å². The number of carbonyl (C=O) groups is 1. The van der Waals surface area contributed by atoms with Crippen molar-refractivity contribution in [1.29, 1.82) is 0 Å². The van der Waals surface area contributed by atoms with Gasteiger partial charge in [0, 0.05) is 7.05 Å². The van der Waals surface area contributed by atoms with Crippen LogP contribution in [0.2, 0.25) is 0 Å². The van der Waals surface area contributed by atoms with Crippen LogP contribution in [0.1, 0.15) is 6.92 Å². The van der Waals surface area contributed by atoms with E-state index in [1.165, 1.54) is 0 Å². The highest BCUT2D eigenvalue weighted by Crippen LogP contribution is 2.36. The highest BCUT2D eigenvalue weighted by atomic mass is 16.5. The van der Waals surface area contributed by atoms with Crippen LogP contribution in [0.3, 0.4) is 0 Å². The number of likely N-dealkylation sites (N-methyl/N-ethyl adjacent to an activating group) is 1. The van der Waals surface area contributed by atoms with Crippen LogP contribution in [0, 0.1) is 0 Å². The van der Waals surface area contributed by atoms with E-state index < -0.39 is 0 Å². The summed E-state index contributed by atoms with van der Waals surface area (Å²) in [6, 6.07) is 5.76. The summed E-state index contributed by atoms with van der Waals surface area (Å²) < 4.78 is 5.46. The third-order valence-electron chi connectivity index (χ3n) is 2.36. The van der Waals surface area contributed by atoms with Crippen LogP contribution in [-0.4, -0.2) is 26.1 Å². The fourth-order valence-electron chi connectivity index (χ4n) is 1.72. The number of para-hydroxylation sites is 1. The number of anilines is 2. The van der Waals surface area contributed by atoms with Crippen molar-refractivity contribution in [3.63, 3.8) is 0 Å². The molecule has 0 atom stereocenters. The van der Waals surface area contributed by atoms with Gasteiger partial charge in [0.25, 0.3) is 0 Å². The molecule has 1 aliphatic heterocycles. The number of nitrogens with zero attached hydrogens (tertiary/aromatic N) is 1. The topological polar surface area (TPSA) is 41.6 Å². The molecule has 2 rings (SSSR count). The number of ether oxygens (including phenoxy) is 1. The number of hydrogen-bond acceptors (Lipinski definition) is 3. The van der Waals surface area contributed by atoms with Crippen LogP contribution < -0.4 is 15.0 Å². The summed E-state index contributed by atoms with van der Waals surface area (Å²) in [7, 11) is 1.90. The second-order valence-corrected chi connectivity index (χ2v) is 3.49. The zero-order valence-corrected chi connectivity index (χ0v) is 8.91. The van der Waals surface area contributed by atoms with E-state index in [1.54, 1.807) is 0 Å². The Bertz CT molecular complexity index is 390. The predicted molar refractivity (Wildman–Crippen MR) is 59.5 cm³/mol. The maximum atomic E-state index is 11.4. The summed E-state index contributed by atoms with van der Waals surface area (Å²) in [5.41, 5.74) is 1.78. The molecule has 0 aliphatic carbocycles. The first-order chi connectivity index (χ1) is 7.22. The van der Waals surface area contributed by atoms with Gasteiger partial charge in [-0.1, -0.05) is 6.07 Å². The predicted octanol–water partition coefficient (Wildman–Crippen LogP) is 1.47. The van der Waals surface area contributed by atoms with Crippen LogP contribution >= 0.6 is 0 Å². The van der Waals surface area contributed by atoms with E-state index in [2.05, 4.69) is 5.32 Å². The molecular formula is C11H14N2O2. The van der Waals surface area contributed by atoms with Gasteiger partial charge in [-0.05, 0) is 19.1 Å². The van der Waals surface area contributed by atoms with E-state index in [9.17, 15) is 4.79 Å². The zero-order valence-electron chi connectivity index (χ0n) is 8.91. The quantitative estimate of drug-likeness (QED) is 0.796. The van der Waals surface area contributed by atoms with E-state index in [4.69, 9.17) is 4.74 Å². The lowest BCUT2D eigenvalue weighted by molar-refractivity contribution is -0.115. The SMILES string of the molecule is CCOc1cccc2c1NC(=O)CN2C. The van der Waals surface area contributed by atoms with Gasteiger partial charge < -0.3 is 15.0 Å². The molecule has 1 aromatic rings. The van der Waals surface area contributed by atoms with Crippen LogP contribution in [0.4, 0.5) is 11.4 Å². The minimum atomic E-state index is -0.00264. The average molecular weight is 206 g/mol. The molecule has 0 saturated carbocycles. The molecule has 0 unspecified atom stereocenters.